The van der Waals surface area contributed by atoms with E-state index in [0.29, 0.717) is 20.3 Å². The Morgan fingerprint density at radius 1 is 1.16 bits per heavy atom. The summed E-state index contributed by atoms with van der Waals surface area (Å²) in [6.07, 6.45) is 3.07. The number of halogens is 3. The van der Waals surface area contributed by atoms with Gasteiger partial charge in [-0.3, -0.25) is 9.59 Å². The molecular weight excluding hydrogens is 601 g/mol. The second kappa shape index (κ2) is 12.1. The van der Waals surface area contributed by atoms with Crippen LogP contribution in [0.4, 0.5) is 5.69 Å². The molecule has 0 saturated carbocycles. The zero-order chi connectivity index (χ0) is 26.5. The van der Waals surface area contributed by atoms with Crippen LogP contribution in [0, 0.1) is 0 Å². The van der Waals surface area contributed by atoms with Gasteiger partial charge in [0.25, 0.3) is 11.8 Å². The van der Waals surface area contributed by atoms with Crippen LogP contribution in [0.15, 0.2) is 57.8 Å². The van der Waals surface area contributed by atoms with Gasteiger partial charge in [0, 0.05) is 33.2 Å². The van der Waals surface area contributed by atoms with Gasteiger partial charge in [-0.15, -0.1) is 16.4 Å². The van der Waals surface area contributed by atoms with Crippen molar-refractivity contribution < 1.29 is 14.3 Å². The fourth-order valence-corrected chi connectivity index (χ4v) is 5.17. The largest absolute Gasteiger partial charge is 0.437 e. The van der Waals surface area contributed by atoms with Crippen molar-refractivity contribution in [2.75, 3.05) is 5.32 Å². The summed E-state index contributed by atoms with van der Waals surface area (Å²) in [6.45, 7) is 3.98. The lowest BCUT2D eigenvalue weighted by Gasteiger charge is -2.18. The molecule has 37 heavy (non-hydrogen) atoms. The maximum atomic E-state index is 13.6. The number of ether oxygens (including phenoxy) is 1. The Kier molecular flexibility index (Phi) is 8.86. The molecule has 2 amide bonds. The Morgan fingerprint density at radius 3 is 2.62 bits per heavy atom. The van der Waals surface area contributed by atoms with Crippen molar-refractivity contribution in [1.82, 2.24) is 20.1 Å². The Balaban J connectivity index is 1.73. The summed E-state index contributed by atoms with van der Waals surface area (Å²) in [7, 11) is 0. The number of carbonyl (C=O) groups is 2. The first kappa shape index (κ1) is 27.1. The van der Waals surface area contributed by atoms with Crippen LogP contribution in [0.2, 0.25) is 10.0 Å². The fraction of sp³-hybridized carbons (Fsp3) is 0.200. The van der Waals surface area contributed by atoms with E-state index in [1.807, 2.05) is 24.6 Å². The normalized spacial score (nSPS) is 11.0. The van der Waals surface area contributed by atoms with E-state index < -0.39 is 5.91 Å². The molecule has 4 rings (SSSR count). The number of rotatable bonds is 9. The lowest BCUT2D eigenvalue weighted by molar-refractivity contribution is 0.0935. The van der Waals surface area contributed by atoms with Gasteiger partial charge in [-0.25, -0.2) is 9.67 Å². The van der Waals surface area contributed by atoms with Crippen molar-refractivity contribution in [3.63, 3.8) is 0 Å². The van der Waals surface area contributed by atoms with E-state index in [0.717, 1.165) is 12.8 Å². The average molecular weight is 623 g/mol. The van der Waals surface area contributed by atoms with Gasteiger partial charge in [0.05, 0.1) is 16.3 Å². The summed E-state index contributed by atoms with van der Waals surface area (Å²) in [6, 6.07) is 9.67. The van der Waals surface area contributed by atoms with E-state index >= 15 is 0 Å². The van der Waals surface area contributed by atoms with Crippen molar-refractivity contribution in [3.8, 4) is 17.4 Å². The number of pyridine rings is 1. The summed E-state index contributed by atoms with van der Waals surface area (Å²) >= 11 is 17.5. The molecule has 0 radical (unpaired) electrons. The summed E-state index contributed by atoms with van der Waals surface area (Å²) in [4.78, 5) is 31.0. The third kappa shape index (κ3) is 6.32. The van der Waals surface area contributed by atoms with Crippen LogP contribution in [0.5, 0.6) is 11.6 Å². The van der Waals surface area contributed by atoms with Crippen molar-refractivity contribution >= 4 is 68.0 Å². The zero-order valence-electron chi connectivity index (χ0n) is 19.8. The van der Waals surface area contributed by atoms with Crippen LogP contribution in [0.25, 0.3) is 5.82 Å². The molecule has 0 saturated heterocycles. The highest BCUT2D eigenvalue weighted by molar-refractivity contribution is 9.10. The first-order valence-electron chi connectivity index (χ1n) is 11.3. The molecule has 0 spiro atoms. The van der Waals surface area contributed by atoms with Crippen LogP contribution < -0.4 is 15.4 Å². The van der Waals surface area contributed by atoms with E-state index in [1.165, 1.54) is 28.2 Å². The molecule has 4 aromatic rings. The van der Waals surface area contributed by atoms with Crippen LogP contribution in [-0.2, 0) is 0 Å². The lowest BCUT2D eigenvalue weighted by atomic mass is 10.1. The van der Waals surface area contributed by atoms with Crippen molar-refractivity contribution in [3.05, 3.63) is 79.1 Å². The maximum absolute atomic E-state index is 13.6. The van der Waals surface area contributed by atoms with Crippen molar-refractivity contribution in [2.24, 2.45) is 0 Å². The summed E-state index contributed by atoms with van der Waals surface area (Å²) in [5.74, 6) is 0.0852. The van der Waals surface area contributed by atoms with E-state index in [1.54, 1.807) is 30.5 Å². The Bertz CT molecular complexity index is 1420. The number of nitrogens with zero attached hydrogens (tertiary/aromatic N) is 3. The number of hydrogen-bond donors (Lipinski definition) is 2. The SMILES string of the molecule is CCC(CC)NC(=O)c1cc(Cl)cc(Br)c1NC(=O)c1cc(Oc2ccsc2)nn1-c1ncccc1Cl. The van der Waals surface area contributed by atoms with Crippen LogP contribution >= 0.6 is 50.5 Å². The second-order valence-corrected chi connectivity index (χ2v) is 10.4. The number of thiophene rings is 1. The maximum Gasteiger partial charge on any atom is 0.274 e. The van der Waals surface area contributed by atoms with Crippen molar-refractivity contribution in [2.45, 2.75) is 32.7 Å². The van der Waals surface area contributed by atoms with Crippen LogP contribution in [-0.4, -0.2) is 32.6 Å². The Labute approximate surface area is 236 Å². The number of hydrogen-bond acceptors (Lipinski definition) is 6. The molecular formula is C25H22BrCl2N5O3S. The summed E-state index contributed by atoms with van der Waals surface area (Å²) in [5.41, 5.74) is 0.577. The van der Waals surface area contributed by atoms with E-state index in [2.05, 4.69) is 36.6 Å². The smallest absolute Gasteiger partial charge is 0.274 e. The van der Waals surface area contributed by atoms with E-state index in [9.17, 15) is 9.59 Å². The minimum Gasteiger partial charge on any atom is -0.437 e. The molecule has 1 aromatic carbocycles. The lowest BCUT2D eigenvalue weighted by Crippen LogP contribution is -2.34. The first-order chi connectivity index (χ1) is 17.8. The highest BCUT2D eigenvalue weighted by Crippen LogP contribution is 2.32. The molecule has 0 aliphatic carbocycles. The number of carbonyl (C=O) groups excluding carboxylic acids is 2. The number of amides is 2. The molecule has 8 nitrogen and oxygen atoms in total. The van der Waals surface area contributed by atoms with Gasteiger partial charge in [-0.05, 0) is 64.5 Å². The van der Waals surface area contributed by atoms with Gasteiger partial charge in [0.1, 0.15) is 11.4 Å². The molecule has 0 unspecified atom stereocenters. The average Bonchev–Trinajstić information content (AvgIpc) is 3.54. The predicted molar refractivity (Wildman–Crippen MR) is 150 cm³/mol. The molecule has 0 aliphatic rings. The minimum absolute atomic E-state index is 0.0154. The number of anilines is 1. The Hall–Kier alpha value is -2.92. The number of aromatic nitrogens is 3. The van der Waals surface area contributed by atoms with Crippen LogP contribution in [0.1, 0.15) is 47.5 Å². The van der Waals surface area contributed by atoms with Gasteiger partial charge < -0.3 is 15.4 Å². The highest BCUT2D eigenvalue weighted by atomic mass is 79.9. The van der Waals surface area contributed by atoms with Gasteiger partial charge in [0.15, 0.2) is 5.82 Å². The second-order valence-electron chi connectivity index (χ2n) is 7.90. The molecule has 12 heteroatoms. The third-order valence-corrected chi connectivity index (χ3v) is 7.24. The van der Waals surface area contributed by atoms with Gasteiger partial charge in [0.2, 0.25) is 5.88 Å². The van der Waals surface area contributed by atoms with Gasteiger partial charge in [-0.1, -0.05) is 37.0 Å². The van der Waals surface area contributed by atoms with E-state index in [-0.39, 0.29) is 40.6 Å². The zero-order valence-corrected chi connectivity index (χ0v) is 23.7. The molecule has 192 valence electrons. The minimum atomic E-state index is -0.561. The quantitative estimate of drug-likeness (QED) is 0.203. The van der Waals surface area contributed by atoms with Crippen LogP contribution in [0.3, 0.4) is 0 Å². The molecule has 3 heterocycles. The summed E-state index contributed by atoms with van der Waals surface area (Å²) in [5, 5.41) is 14.5. The molecule has 0 fully saturated rings. The van der Waals surface area contributed by atoms with Gasteiger partial charge in [-0.2, -0.15) is 0 Å². The third-order valence-electron chi connectivity index (χ3n) is 5.44. The first-order valence-corrected chi connectivity index (χ1v) is 13.8. The predicted octanol–water partition coefficient (Wildman–Crippen LogP) is 7.36. The monoisotopic (exact) mass is 621 g/mol. The van der Waals surface area contributed by atoms with E-state index in [4.69, 9.17) is 27.9 Å². The topological polar surface area (TPSA) is 98.1 Å². The number of benzene rings is 1. The molecule has 0 bridgehead atoms. The standard InChI is InChI=1S/C25H22BrCl2N5O3S/c1-3-15(4-2)30-24(34)17-10-14(27)11-18(26)22(17)31-25(35)20-12-21(36-16-7-9-37-13-16)32-33(20)23-19(28)6-5-8-29-23/h5-13,15H,3-4H2,1-2H3,(H,30,34)(H,31,35). The molecule has 3 aromatic heterocycles. The molecule has 0 atom stereocenters. The Morgan fingerprint density at radius 2 is 1.95 bits per heavy atom. The van der Waals surface area contributed by atoms with Gasteiger partial charge >= 0.3 is 0 Å². The summed E-state index contributed by atoms with van der Waals surface area (Å²) < 4.78 is 7.55. The molecule has 2 N–H and O–H groups in total. The van der Waals surface area contributed by atoms with Crippen molar-refractivity contribution in [1.29, 1.82) is 0 Å². The highest BCUT2D eigenvalue weighted by Gasteiger charge is 2.24. The fourth-order valence-electron chi connectivity index (χ4n) is 3.51. The number of nitrogens with one attached hydrogen (secondary N) is 2. The molecule has 0 aliphatic heterocycles.